The third kappa shape index (κ3) is 3.84. The summed E-state index contributed by atoms with van der Waals surface area (Å²) in [4.78, 5) is 28.4. The smallest absolute Gasteiger partial charge is 0.336 e. The van der Waals surface area contributed by atoms with Crippen LogP contribution in [-0.4, -0.2) is 36.9 Å². The van der Waals surface area contributed by atoms with E-state index in [1.807, 2.05) is 48.5 Å². The van der Waals surface area contributed by atoms with Crippen LogP contribution in [0.4, 0.5) is 5.69 Å². The van der Waals surface area contributed by atoms with Crippen LogP contribution in [0.5, 0.6) is 0 Å². The van der Waals surface area contributed by atoms with Crippen molar-refractivity contribution in [1.82, 2.24) is 4.90 Å². The molecule has 0 unspecified atom stereocenters. The van der Waals surface area contributed by atoms with Crippen molar-refractivity contribution >= 4 is 33.2 Å². The molecule has 5 nitrogen and oxygen atoms in total. The summed E-state index contributed by atoms with van der Waals surface area (Å²) in [5.41, 5.74) is 3.24. The molecule has 0 N–H and O–H groups in total. The standard InChI is InChI=1S/C26H24N2O3/c1-18(29)19-6-9-22(10-7-19)28-14-12-27(13-15-28)17-21-16-25(30)31-24-11-8-20-4-2-3-5-23(20)26(21)24/h2-11,16H,12-15,17H2,1H3. The lowest BCUT2D eigenvalue weighted by atomic mass is 10.0. The van der Waals surface area contributed by atoms with Crippen LogP contribution in [0.1, 0.15) is 22.8 Å². The van der Waals surface area contributed by atoms with Gasteiger partial charge in [0.15, 0.2) is 5.78 Å². The minimum Gasteiger partial charge on any atom is -0.423 e. The molecule has 0 aliphatic carbocycles. The molecule has 0 saturated carbocycles. The quantitative estimate of drug-likeness (QED) is 0.281. The van der Waals surface area contributed by atoms with Crippen molar-refractivity contribution in [2.24, 2.45) is 0 Å². The second-order valence-electron chi connectivity index (χ2n) is 8.12. The van der Waals surface area contributed by atoms with Crippen molar-refractivity contribution in [2.75, 3.05) is 31.1 Å². The Kier molecular flexibility index (Phi) is 5.04. The van der Waals surface area contributed by atoms with Crippen molar-refractivity contribution in [3.8, 4) is 0 Å². The molecule has 0 amide bonds. The van der Waals surface area contributed by atoms with Gasteiger partial charge in [0.2, 0.25) is 0 Å². The van der Waals surface area contributed by atoms with Gasteiger partial charge >= 0.3 is 5.63 Å². The van der Waals surface area contributed by atoms with Crippen LogP contribution in [0.3, 0.4) is 0 Å². The van der Waals surface area contributed by atoms with E-state index >= 15 is 0 Å². The summed E-state index contributed by atoms with van der Waals surface area (Å²) in [6.45, 7) is 5.92. The first-order valence-corrected chi connectivity index (χ1v) is 10.6. The molecule has 0 atom stereocenters. The number of anilines is 1. The molecular weight excluding hydrogens is 388 g/mol. The van der Waals surface area contributed by atoms with Gasteiger partial charge in [-0.15, -0.1) is 0 Å². The van der Waals surface area contributed by atoms with Crippen molar-refractivity contribution in [2.45, 2.75) is 13.5 Å². The first-order valence-electron chi connectivity index (χ1n) is 10.6. The highest BCUT2D eigenvalue weighted by Crippen LogP contribution is 2.28. The Hall–Kier alpha value is -3.44. The molecule has 5 heteroatoms. The van der Waals surface area contributed by atoms with E-state index in [0.717, 1.165) is 59.2 Å². The molecule has 1 saturated heterocycles. The first kappa shape index (κ1) is 19.5. The molecule has 0 bridgehead atoms. The second-order valence-corrected chi connectivity index (χ2v) is 8.12. The molecule has 2 heterocycles. The average molecular weight is 412 g/mol. The van der Waals surface area contributed by atoms with Gasteiger partial charge in [0.1, 0.15) is 5.58 Å². The number of rotatable bonds is 4. The Morgan fingerprint density at radius 3 is 2.42 bits per heavy atom. The number of hydrogen-bond acceptors (Lipinski definition) is 5. The van der Waals surface area contributed by atoms with Crippen molar-refractivity contribution in [3.05, 3.63) is 88.3 Å². The highest BCUT2D eigenvalue weighted by atomic mass is 16.4. The molecule has 1 aliphatic rings. The van der Waals surface area contributed by atoms with Crippen LogP contribution < -0.4 is 10.5 Å². The number of ketones is 1. The van der Waals surface area contributed by atoms with E-state index in [-0.39, 0.29) is 11.4 Å². The van der Waals surface area contributed by atoms with E-state index in [2.05, 4.69) is 21.9 Å². The number of nitrogens with zero attached hydrogens (tertiary/aromatic N) is 2. The number of benzene rings is 3. The topological polar surface area (TPSA) is 53.8 Å². The maximum atomic E-state index is 12.2. The maximum absolute atomic E-state index is 12.2. The molecule has 4 aromatic rings. The number of piperazine rings is 1. The van der Waals surface area contributed by atoms with E-state index in [1.54, 1.807) is 13.0 Å². The predicted octanol–water partition coefficient (Wildman–Crippen LogP) is 4.47. The summed E-state index contributed by atoms with van der Waals surface area (Å²) < 4.78 is 5.49. The van der Waals surface area contributed by atoms with E-state index in [9.17, 15) is 9.59 Å². The Morgan fingerprint density at radius 1 is 0.935 bits per heavy atom. The highest BCUT2D eigenvalue weighted by Gasteiger charge is 2.19. The fourth-order valence-corrected chi connectivity index (χ4v) is 4.46. The third-order valence-corrected chi connectivity index (χ3v) is 6.12. The first-order chi connectivity index (χ1) is 15.1. The summed E-state index contributed by atoms with van der Waals surface area (Å²) in [5, 5.41) is 3.28. The monoisotopic (exact) mass is 412 g/mol. The normalized spacial score (nSPS) is 14.9. The van der Waals surface area contributed by atoms with E-state index < -0.39 is 0 Å². The Bertz CT molecular complexity index is 1320. The van der Waals surface area contributed by atoms with Gasteiger partial charge in [-0.2, -0.15) is 0 Å². The number of carbonyl (C=O) groups excluding carboxylic acids is 1. The number of Topliss-reactive ketones (excluding diaryl/α,β-unsaturated/α-hetero) is 1. The fourth-order valence-electron chi connectivity index (χ4n) is 4.46. The summed E-state index contributed by atoms with van der Waals surface area (Å²) in [5.74, 6) is 0.0865. The summed E-state index contributed by atoms with van der Waals surface area (Å²) >= 11 is 0. The molecule has 156 valence electrons. The molecule has 31 heavy (non-hydrogen) atoms. The third-order valence-electron chi connectivity index (χ3n) is 6.12. The van der Waals surface area contributed by atoms with Crippen molar-refractivity contribution in [3.63, 3.8) is 0 Å². The van der Waals surface area contributed by atoms with Crippen molar-refractivity contribution < 1.29 is 9.21 Å². The summed E-state index contributed by atoms with van der Waals surface area (Å²) in [6, 6.07) is 21.6. The van der Waals surface area contributed by atoms with Gasteiger partial charge in [0.25, 0.3) is 0 Å². The summed E-state index contributed by atoms with van der Waals surface area (Å²) in [7, 11) is 0. The Balaban J connectivity index is 1.37. The average Bonchev–Trinajstić information content (AvgIpc) is 2.79. The summed E-state index contributed by atoms with van der Waals surface area (Å²) in [6.07, 6.45) is 0. The van der Waals surface area contributed by atoms with Gasteiger partial charge < -0.3 is 9.32 Å². The Labute approximate surface area is 180 Å². The van der Waals surface area contributed by atoms with Crippen LogP contribution in [0.15, 0.2) is 75.9 Å². The molecule has 0 spiro atoms. The zero-order valence-electron chi connectivity index (χ0n) is 17.5. The van der Waals surface area contributed by atoms with Gasteiger partial charge in [-0.05, 0) is 53.6 Å². The number of fused-ring (bicyclic) bond motifs is 3. The van der Waals surface area contributed by atoms with Crippen LogP contribution in [-0.2, 0) is 6.54 Å². The van der Waals surface area contributed by atoms with Gasteiger partial charge in [0, 0.05) is 55.4 Å². The molecule has 0 radical (unpaired) electrons. The van der Waals surface area contributed by atoms with Crippen molar-refractivity contribution in [1.29, 1.82) is 0 Å². The molecule has 1 aliphatic heterocycles. The molecule has 5 rings (SSSR count). The maximum Gasteiger partial charge on any atom is 0.336 e. The molecule has 1 fully saturated rings. The lowest BCUT2D eigenvalue weighted by Crippen LogP contribution is -2.46. The van der Waals surface area contributed by atoms with Crippen LogP contribution in [0.25, 0.3) is 21.7 Å². The predicted molar refractivity (Wildman–Crippen MR) is 124 cm³/mol. The number of hydrogen-bond donors (Lipinski definition) is 0. The van der Waals surface area contributed by atoms with Crippen LogP contribution >= 0.6 is 0 Å². The molecule has 1 aromatic heterocycles. The van der Waals surface area contributed by atoms with Gasteiger partial charge in [0.05, 0.1) is 0 Å². The van der Waals surface area contributed by atoms with E-state index in [0.29, 0.717) is 12.1 Å². The van der Waals surface area contributed by atoms with Crippen LogP contribution in [0, 0.1) is 0 Å². The van der Waals surface area contributed by atoms with Gasteiger partial charge in [-0.25, -0.2) is 4.79 Å². The largest absolute Gasteiger partial charge is 0.423 e. The fraction of sp³-hybridized carbons (Fsp3) is 0.231. The SMILES string of the molecule is CC(=O)c1ccc(N2CCN(Cc3cc(=O)oc4ccc5ccccc5c34)CC2)cc1. The van der Waals surface area contributed by atoms with E-state index in [4.69, 9.17) is 4.42 Å². The number of carbonyl (C=O) groups is 1. The zero-order chi connectivity index (χ0) is 21.4. The molecular formula is C26H24N2O3. The van der Waals surface area contributed by atoms with Gasteiger partial charge in [-0.1, -0.05) is 30.3 Å². The minimum atomic E-state index is -0.304. The highest BCUT2D eigenvalue weighted by molar-refractivity contribution is 6.07. The molecule has 3 aromatic carbocycles. The van der Waals surface area contributed by atoms with Crippen LogP contribution in [0.2, 0.25) is 0 Å². The lowest BCUT2D eigenvalue weighted by Gasteiger charge is -2.36. The second kappa shape index (κ2) is 8.00. The zero-order valence-corrected chi connectivity index (χ0v) is 17.5. The minimum absolute atomic E-state index is 0.0865. The Morgan fingerprint density at radius 2 is 1.68 bits per heavy atom. The lowest BCUT2D eigenvalue weighted by molar-refractivity contribution is 0.101. The van der Waals surface area contributed by atoms with Gasteiger partial charge in [-0.3, -0.25) is 9.69 Å². The van der Waals surface area contributed by atoms with E-state index in [1.165, 1.54) is 0 Å².